The van der Waals surface area contributed by atoms with E-state index in [1.54, 1.807) is 0 Å². The van der Waals surface area contributed by atoms with Crippen molar-refractivity contribution in [2.75, 3.05) is 16.8 Å². The largest absolute Gasteiger partial charge is 1.00 e. The fraction of sp³-hybridized carbons (Fsp3) is 0. The molecule has 0 saturated carbocycles. The Morgan fingerprint density at radius 3 is 1.70 bits per heavy atom. The van der Waals surface area contributed by atoms with Gasteiger partial charge >= 0.3 is 88.7 Å². The molecule has 0 aliphatic heterocycles. The van der Waals surface area contributed by atoms with Crippen LogP contribution in [0.4, 0.5) is 22.7 Å². The predicted molar refractivity (Wildman–Crippen MR) is 122 cm³/mol. The van der Waals surface area contributed by atoms with Crippen molar-refractivity contribution in [2.45, 2.75) is 14.7 Å². The molecule has 5 N–H and O–H groups in total. The van der Waals surface area contributed by atoms with Crippen molar-refractivity contribution in [1.29, 1.82) is 0 Å². The molecule has 1 aliphatic carbocycles. The fourth-order valence-corrected chi connectivity index (χ4v) is 5.82. The summed E-state index contributed by atoms with van der Waals surface area (Å²) in [6, 6.07) is 6.22. The molecule has 0 aromatic heterocycles. The Kier molecular flexibility index (Phi) is 11.9. The van der Waals surface area contributed by atoms with Gasteiger partial charge < -0.3 is 30.4 Å². The van der Waals surface area contributed by atoms with Crippen LogP contribution in [0.2, 0.25) is 0 Å². The van der Waals surface area contributed by atoms with Crippen LogP contribution in [0.15, 0.2) is 57.2 Å². The van der Waals surface area contributed by atoms with E-state index in [4.69, 9.17) is 11.5 Å². The van der Waals surface area contributed by atoms with E-state index in [-0.39, 0.29) is 94.4 Å². The van der Waals surface area contributed by atoms with Crippen LogP contribution in [0.25, 0.3) is 0 Å². The van der Waals surface area contributed by atoms with Crippen LogP contribution in [0.5, 0.6) is 0 Å². The van der Waals surface area contributed by atoms with E-state index < -0.39 is 95.9 Å². The van der Waals surface area contributed by atoms with Crippen LogP contribution in [0.1, 0.15) is 31.8 Å². The Morgan fingerprint density at radius 1 is 0.625 bits per heavy atom. The topological polar surface area (TPSA) is 270 Å². The van der Waals surface area contributed by atoms with Gasteiger partial charge in [0.25, 0.3) is 0 Å². The van der Waals surface area contributed by atoms with Crippen molar-refractivity contribution in [3.8, 4) is 0 Å². The molecule has 40 heavy (non-hydrogen) atoms. The second kappa shape index (κ2) is 12.8. The summed E-state index contributed by atoms with van der Waals surface area (Å²) in [5.74, 6) is -2.41. The van der Waals surface area contributed by atoms with E-state index in [1.165, 1.54) is 0 Å². The van der Waals surface area contributed by atoms with Gasteiger partial charge in [0.1, 0.15) is 30.4 Å². The Morgan fingerprint density at radius 2 is 1.18 bits per heavy atom. The normalized spacial score (nSPS) is 12.7. The van der Waals surface area contributed by atoms with Gasteiger partial charge in [-0.25, -0.2) is 25.3 Å². The number of carbonyl (C=O) groups is 2. The maximum absolute atomic E-state index is 13.5. The van der Waals surface area contributed by atoms with Crippen LogP contribution in [0.3, 0.4) is 0 Å². The number of anilines is 4. The minimum atomic E-state index is -5.36. The van der Waals surface area contributed by atoms with Gasteiger partial charge in [-0.1, -0.05) is 12.1 Å². The average molecular weight is 635 g/mol. The van der Waals surface area contributed by atoms with Gasteiger partial charge in [0.05, 0.1) is 42.8 Å². The summed E-state index contributed by atoms with van der Waals surface area (Å²) >= 11 is 0. The third-order valence-electron chi connectivity index (χ3n) is 5.38. The minimum Gasteiger partial charge on any atom is -0.744 e. The van der Waals surface area contributed by atoms with Gasteiger partial charge in [-0.3, -0.25) is 9.59 Å². The first kappa shape index (κ1) is 37.2. The number of nitrogens with two attached hydrogens (primary N) is 2. The first-order valence-electron chi connectivity index (χ1n) is 9.66. The molecular weight excluding hydrogens is 623 g/mol. The standard InChI is InChI=1S/C20H15N3O11S3.3Na/c21-10-5-4-8(6-13(10)36(29,30)31)23-11-7-14(37(32,33)34)18(22)17-16(11)20(25)15-9(19(17)24)2-1-3-12(15)35(26,27)28;;;/h1-7,23H,21-22H2,(H,26,27,28)(H,29,30,31)(H,32,33,34);;;/q;3*+1/p-3. The summed E-state index contributed by atoms with van der Waals surface area (Å²) in [6.45, 7) is 0. The molecule has 4 rings (SSSR count). The molecule has 14 nitrogen and oxygen atoms in total. The molecule has 0 radical (unpaired) electrons. The van der Waals surface area contributed by atoms with Gasteiger partial charge in [-0.05, 0) is 30.3 Å². The third-order valence-corrected chi connectivity index (χ3v) is 8.03. The van der Waals surface area contributed by atoms with Crippen molar-refractivity contribution in [3.05, 3.63) is 64.7 Å². The first-order chi connectivity index (χ1) is 16.9. The van der Waals surface area contributed by atoms with Crippen LogP contribution < -0.4 is 105 Å². The second-order valence-electron chi connectivity index (χ2n) is 7.66. The van der Waals surface area contributed by atoms with Gasteiger partial charge in [0.15, 0.2) is 11.6 Å². The molecule has 0 amide bonds. The van der Waals surface area contributed by atoms with Crippen molar-refractivity contribution >= 4 is 64.7 Å². The molecule has 0 fully saturated rings. The second-order valence-corrected chi connectivity index (χ2v) is 11.7. The van der Waals surface area contributed by atoms with E-state index in [0.29, 0.717) is 6.07 Å². The van der Waals surface area contributed by atoms with Crippen molar-refractivity contribution in [2.24, 2.45) is 0 Å². The summed E-state index contributed by atoms with van der Waals surface area (Å²) in [6.07, 6.45) is 0. The zero-order valence-electron chi connectivity index (χ0n) is 20.9. The minimum absolute atomic E-state index is 0. The third kappa shape index (κ3) is 6.85. The van der Waals surface area contributed by atoms with Crippen LogP contribution in [-0.2, 0) is 30.4 Å². The Labute approximate surface area is 294 Å². The molecule has 194 valence electrons. The predicted octanol–water partition coefficient (Wildman–Crippen LogP) is -8.91. The Bertz CT molecular complexity index is 1900. The van der Waals surface area contributed by atoms with Gasteiger partial charge in [0.2, 0.25) is 0 Å². The number of fused-ring (bicyclic) bond motifs is 2. The number of carbonyl (C=O) groups excluding carboxylic acids is 2. The summed E-state index contributed by atoms with van der Waals surface area (Å²) < 4.78 is 105. The van der Waals surface area contributed by atoms with Gasteiger partial charge in [0, 0.05) is 16.9 Å². The SMILES string of the molecule is Nc1ccc(Nc2cc(S(=O)(=O)[O-])c(N)c3c2C(=O)c2c(cccc2S(=O)(=O)[O-])C3=O)cc1S(=O)(=O)[O-].[Na+].[Na+].[Na+]. The van der Waals surface area contributed by atoms with Crippen LogP contribution in [-0.4, -0.2) is 50.5 Å². The number of nitrogens with one attached hydrogen (secondary N) is 1. The molecule has 3 aromatic rings. The monoisotopic (exact) mass is 635 g/mol. The Balaban J connectivity index is 0.00000267. The molecule has 0 unspecified atom stereocenters. The molecule has 3 aromatic carbocycles. The van der Waals surface area contributed by atoms with E-state index in [0.717, 1.165) is 36.4 Å². The van der Waals surface area contributed by atoms with E-state index >= 15 is 0 Å². The van der Waals surface area contributed by atoms with Crippen molar-refractivity contribution in [3.63, 3.8) is 0 Å². The first-order valence-corrected chi connectivity index (χ1v) is 13.9. The van der Waals surface area contributed by atoms with Crippen LogP contribution >= 0.6 is 0 Å². The summed E-state index contributed by atoms with van der Waals surface area (Å²) in [4.78, 5) is 23.7. The number of hydrogen-bond acceptors (Lipinski definition) is 14. The quantitative estimate of drug-likeness (QED) is 0.104. The molecule has 1 aliphatic rings. The number of benzene rings is 3. The number of rotatable bonds is 5. The smallest absolute Gasteiger partial charge is 0.744 e. The zero-order valence-corrected chi connectivity index (χ0v) is 29.4. The number of hydrogen-bond donors (Lipinski definition) is 3. The summed E-state index contributed by atoms with van der Waals surface area (Å²) in [5.41, 5.74) is 6.21. The molecule has 0 heterocycles. The number of ketones is 2. The zero-order chi connectivity index (χ0) is 27.7. The number of nitrogen functional groups attached to an aromatic ring is 2. The molecule has 0 bridgehead atoms. The molecular formula is C20H12N3Na3O11S3. The van der Waals surface area contributed by atoms with Crippen molar-refractivity contribution in [1.82, 2.24) is 0 Å². The maximum Gasteiger partial charge on any atom is 1.00 e. The average Bonchev–Trinajstić information content (AvgIpc) is 2.76. The molecule has 0 atom stereocenters. The van der Waals surface area contributed by atoms with Crippen LogP contribution in [0, 0.1) is 0 Å². The molecule has 20 heteroatoms. The summed E-state index contributed by atoms with van der Waals surface area (Å²) in [5, 5.41) is 2.43. The molecule has 0 saturated heterocycles. The van der Waals surface area contributed by atoms with Gasteiger partial charge in [-0.15, -0.1) is 0 Å². The van der Waals surface area contributed by atoms with E-state index in [1.807, 2.05) is 0 Å². The van der Waals surface area contributed by atoms with Crippen molar-refractivity contribution < 1.29 is 137 Å². The molecule has 0 spiro atoms. The van der Waals surface area contributed by atoms with E-state index in [9.17, 15) is 48.5 Å². The van der Waals surface area contributed by atoms with E-state index in [2.05, 4.69) is 5.32 Å². The Hall–Kier alpha value is -0.870. The van der Waals surface area contributed by atoms with Gasteiger partial charge in [-0.2, -0.15) is 0 Å². The maximum atomic E-state index is 13.5. The summed E-state index contributed by atoms with van der Waals surface area (Å²) in [7, 11) is -15.7. The fourth-order valence-electron chi connectivity index (χ4n) is 3.86.